The molecule has 4 N–H and O–H groups in total. The first-order valence-corrected chi connectivity index (χ1v) is 7.24. The molecule has 0 saturated heterocycles. The zero-order valence-corrected chi connectivity index (χ0v) is 12.5. The van der Waals surface area contributed by atoms with Crippen molar-refractivity contribution in [2.24, 2.45) is 0 Å². The lowest BCUT2D eigenvalue weighted by molar-refractivity contribution is 0.0578. The maximum absolute atomic E-state index is 12.7. The molecule has 6 heteroatoms. The Bertz CT molecular complexity index is 816. The van der Waals surface area contributed by atoms with Crippen LogP contribution in [0.3, 0.4) is 0 Å². The van der Waals surface area contributed by atoms with Crippen molar-refractivity contribution in [1.29, 1.82) is 0 Å². The Labute approximate surface area is 132 Å². The number of hydrogen-bond acceptors (Lipinski definition) is 5. The van der Waals surface area contributed by atoms with Crippen LogP contribution >= 0.6 is 0 Å². The number of nitrogens with two attached hydrogens (primary N) is 1. The molecular weight excluding hydrogens is 296 g/mol. The summed E-state index contributed by atoms with van der Waals surface area (Å²) in [6.07, 6.45) is 0.468. The number of benzene rings is 2. The fourth-order valence-electron chi connectivity index (χ4n) is 2.93. The fraction of sp³-hybridized carbons (Fsp3) is 0.176. The average Bonchev–Trinajstić information content (AvgIpc) is 2.78. The van der Waals surface area contributed by atoms with Crippen LogP contribution in [0.2, 0.25) is 0 Å². The van der Waals surface area contributed by atoms with Gasteiger partial charge in [-0.15, -0.1) is 0 Å². The summed E-state index contributed by atoms with van der Waals surface area (Å²) in [4.78, 5) is 26.4. The lowest BCUT2D eigenvalue weighted by Gasteiger charge is -2.25. The van der Waals surface area contributed by atoms with Crippen LogP contribution in [0.25, 0.3) is 0 Å². The molecule has 0 unspecified atom stereocenters. The lowest BCUT2D eigenvalue weighted by Crippen LogP contribution is -2.33. The van der Waals surface area contributed by atoms with E-state index in [1.54, 1.807) is 24.3 Å². The third kappa shape index (κ3) is 2.19. The highest BCUT2D eigenvalue weighted by Crippen LogP contribution is 2.37. The molecule has 2 aromatic rings. The van der Waals surface area contributed by atoms with Gasteiger partial charge in [0.2, 0.25) is 0 Å². The number of nitrogen functional groups attached to an aromatic ring is 1. The monoisotopic (exact) mass is 312 g/mol. The van der Waals surface area contributed by atoms with Crippen LogP contribution in [0.15, 0.2) is 36.4 Å². The van der Waals surface area contributed by atoms with Crippen molar-refractivity contribution in [2.45, 2.75) is 19.4 Å². The van der Waals surface area contributed by atoms with Crippen molar-refractivity contribution < 1.29 is 19.8 Å². The highest BCUT2D eigenvalue weighted by atomic mass is 16.3. The van der Waals surface area contributed by atoms with Crippen LogP contribution in [0.1, 0.15) is 45.7 Å². The molecule has 2 amide bonds. The molecule has 0 aromatic heterocycles. The number of rotatable bonds is 3. The van der Waals surface area contributed by atoms with Gasteiger partial charge < -0.3 is 15.9 Å². The summed E-state index contributed by atoms with van der Waals surface area (Å²) in [6.45, 7) is 1.83. The van der Waals surface area contributed by atoms with Gasteiger partial charge in [-0.2, -0.15) is 0 Å². The second-order valence-corrected chi connectivity index (χ2v) is 5.42. The van der Waals surface area contributed by atoms with Gasteiger partial charge in [-0.1, -0.05) is 19.1 Å². The van der Waals surface area contributed by atoms with E-state index in [2.05, 4.69) is 0 Å². The first-order valence-electron chi connectivity index (χ1n) is 7.24. The van der Waals surface area contributed by atoms with Gasteiger partial charge in [-0.25, -0.2) is 0 Å². The van der Waals surface area contributed by atoms with Crippen LogP contribution in [0, 0.1) is 0 Å². The van der Waals surface area contributed by atoms with Gasteiger partial charge in [-0.05, 0) is 36.2 Å². The van der Waals surface area contributed by atoms with Gasteiger partial charge in [-0.3, -0.25) is 14.5 Å². The number of nitrogens with zero attached hydrogens (tertiary/aromatic N) is 1. The topological polar surface area (TPSA) is 104 Å². The van der Waals surface area contributed by atoms with Gasteiger partial charge in [0.05, 0.1) is 17.2 Å². The zero-order valence-electron chi connectivity index (χ0n) is 12.5. The van der Waals surface area contributed by atoms with Gasteiger partial charge >= 0.3 is 0 Å². The molecule has 0 spiro atoms. The molecule has 1 heterocycles. The minimum Gasteiger partial charge on any atom is -0.504 e. The van der Waals surface area contributed by atoms with E-state index in [0.29, 0.717) is 12.0 Å². The Morgan fingerprint density at radius 2 is 1.83 bits per heavy atom. The van der Waals surface area contributed by atoms with E-state index in [-0.39, 0.29) is 28.3 Å². The second kappa shape index (κ2) is 5.31. The van der Waals surface area contributed by atoms with Crippen molar-refractivity contribution in [3.8, 4) is 11.5 Å². The number of phenols is 2. The minimum absolute atomic E-state index is 0.221. The maximum atomic E-state index is 12.7. The molecule has 0 radical (unpaired) electrons. The average molecular weight is 312 g/mol. The molecule has 118 valence electrons. The van der Waals surface area contributed by atoms with Crippen molar-refractivity contribution in [2.75, 3.05) is 5.73 Å². The number of carbonyl (C=O) groups is 2. The first-order chi connectivity index (χ1) is 11.0. The normalized spacial score (nSPS) is 14.9. The van der Waals surface area contributed by atoms with E-state index in [1.807, 2.05) is 6.92 Å². The molecule has 0 fully saturated rings. The van der Waals surface area contributed by atoms with Crippen LogP contribution < -0.4 is 5.73 Å². The largest absolute Gasteiger partial charge is 0.504 e. The number of amides is 2. The highest BCUT2D eigenvalue weighted by molar-refractivity contribution is 6.23. The summed E-state index contributed by atoms with van der Waals surface area (Å²) in [5, 5.41) is 19.1. The quantitative estimate of drug-likeness (QED) is 0.459. The second-order valence-electron chi connectivity index (χ2n) is 5.42. The fourth-order valence-corrected chi connectivity index (χ4v) is 2.93. The Morgan fingerprint density at radius 3 is 2.43 bits per heavy atom. The standard InChI is InChI=1S/C17H16N2O4/c1-2-12(9-6-7-13(20)14(21)8-9)19-16(22)10-4-3-5-11(18)15(10)17(19)23/h3-8,12,20-21H,2,18H2,1H3/t12-/m1/s1. The predicted octanol–water partition coefficient (Wildman–Crippen LogP) is 2.43. The molecule has 3 rings (SSSR count). The summed E-state index contributed by atoms with van der Waals surface area (Å²) < 4.78 is 0. The van der Waals surface area contributed by atoms with E-state index in [0.717, 1.165) is 4.90 Å². The Balaban J connectivity index is 2.07. The molecule has 6 nitrogen and oxygen atoms in total. The smallest absolute Gasteiger partial charge is 0.264 e. The summed E-state index contributed by atoms with van der Waals surface area (Å²) in [5.41, 5.74) is 7.18. The van der Waals surface area contributed by atoms with E-state index >= 15 is 0 Å². The van der Waals surface area contributed by atoms with Crippen molar-refractivity contribution in [3.05, 3.63) is 53.1 Å². The van der Waals surface area contributed by atoms with Crippen LogP contribution in [0.5, 0.6) is 11.5 Å². The first kappa shape index (κ1) is 14.9. The Hall–Kier alpha value is -3.02. The van der Waals surface area contributed by atoms with Crippen molar-refractivity contribution in [1.82, 2.24) is 4.90 Å². The number of carbonyl (C=O) groups excluding carboxylic acids is 2. The van der Waals surface area contributed by atoms with E-state index in [1.165, 1.54) is 12.1 Å². The maximum Gasteiger partial charge on any atom is 0.264 e. The Kier molecular flexibility index (Phi) is 3.44. The molecule has 1 atom stereocenters. The van der Waals surface area contributed by atoms with Crippen molar-refractivity contribution >= 4 is 17.5 Å². The SMILES string of the molecule is CC[C@H](c1ccc(O)c(O)c1)N1C(=O)c2cccc(N)c2C1=O. The number of phenolic OH excluding ortho intramolecular Hbond substituents is 2. The highest BCUT2D eigenvalue weighted by Gasteiger charge is 2.41. The predicted molar refractivity (Wildman–Crippen MR) is 84.2 cm³/mol. The van der Waals surface area contributed by atoms with Gasteiger partial charge in [0.25, 0.3) is 11.8 Å². The van der Waals surface area contributed by atoms with E-state index in [4.69, 9.17) is 5.73 Å². The van der Waals surface area contributed by atoms with Gasteiger partial charge in [0.15, 0.2) is 11.5 Å². The van der Waals surface area contributed by atoms with Gasteiger partial charge in [0, 0.05) is 5.69 Å². The number of aromatic hydroxyl groups is 2. The number of fused-ring (bicyclic) bond motifs is 1. The summed E-state index contributed by atoms with van der Waals surface area (Å²) in [6, 6.07) is 8.52. The number of hydrogen-bond donors (Lipinski definition) is 3. The Morgan fingerprint density at radius 1 is 1.09 bits per heavy atom. The molecule has 1 aliphatic rings. The summed E-state index contributed by atoms with van der Waals surface area (Å²) in [7, 11) is 0. The number of anilines is 1. The molecular formula is C17H16N2O4. The summed E-state index contributed by atoms with van der Waals surface area (Å²) in [5.74, 6) is -1.40. The molecule has 23 heavy (non-hydrogen) atoms. The molecule has 1 aliphatic heterocycles. The van der Waals surface area contributed by atoms with E-state index < -0.39 is 17.9 Å². The van der Waals surface area contributed by atoms with Gasteiger partial charge in [0.1, 0.15) is 0 Å². The third-order valence-electron chi connectivity index (χ3n) is 4.06. The number of imide groups is 1. The van der Waals surface area contributed by atoms with Crippen LogP contribution in [0.4, 0.5) is 5.69 Å². The third-order valence-corrected chi connectivity index (χ3v) is 4.06. The summed E-state index contributed by atoms with van der Waals surface area (Å²) >= 11 is 0. The zero-order chi connectivity index (χ0) is 16.7. The van der Waals surface area contributed by atoms with Crippen molar-refractivity contribution in [3.63, 3.8) is 0 Å². The molecule has 0 saturated carbocycles. The van der Waals surface area contributed by atoms with Crippen LogP contribution in [-0.4, -0.2) is 26.9 Å². The molecule has 2 aromatic carbocycles. The molecule has 0 bridgehead atoms. The lowest BCUT2D eigenvalue weighted by atomic mass is 10.0. The van der Waals surface area contributed by atoms with Crippen LogP contribution in [-0.2, 0) is 0 Å². The van der Waals surface area contributed by atoms with E-state index in [9.17, 15) is 19.8 Å². The molecule has 0 aliphatic carbocycles. The minimum atomic E-state index is -0.548.